The van der Waals surface area contributed by atoms with Gasteiger partial charge in [0.1, 0.15) is 5.60 Å². The van der Waals surface area contributed by atoms with Gasteiger partial charge in [-0.1, -0.05) is 6.07 Å². The van der Waals surface area contributed by atoms with Crippen molar-refractivity contribution in [3.8, 4) is 0 Å². The number of nitro groups is 1. The molecule has 2 aromatic rings. The van der Waals surface area contributed by atoms with Crippen LogP contribution in [0.25, 0.3) is 11.1 Å². The highest BCUT2D eigenvalue weighted by atomic mass is 16.6. The summed E-state index contributed by atoms with van der Waals surface area (Å²) in [4.78, 5) is 14.2. The third kappa shape index (κ3) is 2.80. The number of nitrogens with zero attached hydrogens (tertiary/aromatic N) is 2. The van der Waals surface area contributed by atoms with Gasteiger partial charge in [-0.05, 0) is 13.0 Å². The first-order chi connectivity index (χ1) is 8.93. The van der Waals surface area contributed by atoms with Crippen molar-refractivity contribution >= 4 is 22.8 Å². The third-order valence-electron chi connectivity index (χ3n) is 2.56. The molecule has 1 unspecified atom stereocenters. The lowest BCUT2D eigenvalue weighted by Gasteiger charge is -2.19. The minimum absolute atomic E-state index is 0.00409. The van der Waals surface area contributed by atoms with Gasteiger partial charge in [0.25, 0.3) is 11.7 Å². The van der Waals surface area contributed by atoms with Gasteiger partial charge in [0, 0.05) is 12.6 Å². The maximum atomic E-state index is 10.8. The average Bonchev–Trinajstić information content (AvgIpc) is 2.79. The average molecular weight is 267 g/mol. The number of benzene rings is 1. The minimum Gasteiger partial charge on any atom is -0.423 e. The molecular weight excluding hydrogens is 254 g/mol. The van der Waals surface area contributed by atoms with E-state index < -0.39 is 17.1 Å². The standard InChI is InChI=1S/C11H13N3O5/c1-11(16,6-15)5-12-10-13-9-7(14(17)18)3-2-4-8(9)19-10/h2-4,15-16H,5-6H2,1H3,(H,12,13). The lowest BCUT2D eigenvalue weighted by Crippen LogP contribution is -2.37. The van der Waals surface area contributed by atoms with Crippen molar-refractivity contribution in [1.82, 2.24) is 4.98 Å². The van der Waals surface area contributed by atoms with E-state index in [2.05, 4.69) is 10.3 Å². The number of nitrogens with one attached hydrogen (secondary N) is 1. The zero-order valence-corrected chi connectivity index (χ0v) is 10.2. The summed E-state index contributed by atoms with van der Waals surface area (Å²) in [5.74, 6) is 0. The van der Waals surface area contributed by atoms with Crippen molar-refractivity contribution in [2.75, 3.05) is 18.5 Å². The molecule has 19 heavy (non-hydrogen) atoms. The van der Waals surface area contributed by atoms with Gasteiger partial charge in [0.2, 0.25) is 0 Å². The Morgan fingerprint density at radius 3 is 2.95 bits per heavy atom. The van der Waals surface area contributed by atoms with Crippen LogP contribution in [0.3, 0.4) is 0 Å². The molecule has 0 aliphatic carbocycles. The van der Waals surface area contributed by atoms with E-state index >= 15 is 0 Å². The number of aromatic nitrogens is 1. The first-order valence-corrected chi connectivity index (χ1v) is 5.54. The molecule has 2 rings (SSSR count). The summed E-state index contributed by atoms with van der Waals surface area (Å²) >= 11 is 0. The molecule has 0 saturated carbocycles. The Labute approximate surface area is 107 Å². The van der Waals surface area contributed by atoms with Gasteiger partial charge >= 0.3 is 0 Å². The van der Waals surface area contributed by atoms with Crippen LogP contribution in [0.15, 0.2) is 22.6 Å². The highest BCUT2D eigenvalue weighted by Crippen LogP contribution is 2.27. The van der Waals surface area contributed by atoms with Gasteiger partial charge in [-0.2, -0.15) is 4.98 Å². The second kappa shape index (κ2) is 4.82. The molecule has 0 radical (unpaired) electrons. The number of non-ortho nitro benzene ring substituents is 1. The van der Waals surface area contributed by atoms with Crippen LogP contribution in [0.1, 0.15) is 6.92 Å². The number of nitro benzene ring substituents is 1. The number of aliphatic hydroxyl groups is 2. The van der Waals surface area contributed by atoms with Crippen molar-refractivity contribution in [1.29, 1.82) is 0 Å². The fraction of sp³-hybridized carbons (Fsp3) is 0.364. The number of rotatable bonds is 5. The van der Waals surface area contributed by atoms with Gasteiger partial charge in [-0.15, -0.1) is 0 Å². The van der Waals surface area contributed by atoms with Crippen molar-refractivity contribution in [3.63, 3.8) is 0 Å². The Bertz CT molecular complexity index is 607. The molecule has 0 bridgehead atoms. The summed E-state index contributed by atoms with van der Waals surface area (Å²) in [6, 6.07) is 4.45. The molecule has 3 N–H and O–H groups in total. The predicted molar refractivity (Wildman–Crippen MR) is 66.9 cm³/mol. The van der Waals surface area contributed by atoms with Gasteiger partial charge in [0.15, 0.2) is 11.1 Å². The van der Waals surface area contributed by atoms with E-state index in [1.807, 2.05) is 0 Å². The third-order valence-corrected chi connectivity index (χ3v) is 2.56. The Balaban J connectivity index is 2.27. The monoisotopic (exact) mass is 267 g/mol. The number of hydrogen-bond acceptors (Lipinski definition) is 7. The first-order valence-electron chi connectivity index (χ1n) is 5.54. The molecule has 0 aliphatic rings. The molecule has 0 saturated heterocycles. The number of anilines is 1. The Kier molecular flexibility index (Phi) is 3.36. The van der Waals surface area contributed by atoms with Crippen molar-refractivity contribution in [2.24, 2.45) is 0 Å². The van der Waals surface area contributed by atoms with Crippen molar-refractivity contribution in [3.05, 3.63) is 28.3 Å². The zero-order chi connectivity index (χ0) is 14.0. The normalized spacial score (nSPS) is 14.3. The topological polar surface area (TPSA) is 122 Å². The molecule has 1 aromatic carbocycles. The van der Waals surface area contributed by atoms with E-state index in [1.165, 1.54) is 19.1 Å². The van der Waals surface area contributed by atoms with Crippen LogP contribution in [0.2, 0.25) is 0 Å². The maximum Gasteiger partial charge on any atom is 0.298 e. The molecule has 8 heteroatoms. The zero-order valence-electron chi connectivity index (χ0n) is 10.2. The highest BCUT2D eigenvalue weighted by Gasteiger charge is 2.21. The smallest absolute Gasteiger partial charge is 0.298 e. The summed E-state index contributed by atoms with van der Waals surface area (Å²) in [6.45, 7) is 1.01. The van der Waals surface area contributed by atoms with Gasteiger partial charge in [-0.25, -0.2) is 0 Å². The number of hydrogen-bond donors (Lipinski definition) is 3. The van der Waals surface area contributed by atoms with Crippen LogP contribution in [0.5, 0.6) is 0 Å². The van der Waals surface area contributed by atoms with Crippen LogP contribution in [0.4, 0.5) is 11.7 Å². The maximum absolute atomic E-state index is 10.8. The van der Waals surface area contributed by atoms with E-state index in [4.69, 9.17) is 9.52 Å². The van der Waals surface area contributed by atoms with Crippen LogP contribution in [-0.4, -0.2) is 38.9 Å². The summed E-state index contributed by atoms with van der Waals surface area (Å²) in [6.07, 6.45) is 0. The molecule has 1 heterocycles. The minimum atomic E-state index is -1.33. The summed E-state index contributed by atoms with van der Waals surface area (Å²) in [5.41, 5.74) is -1.06. The Hall–Kier alpha value is -2.19. The van der Waals surface area contributed by atoms with Gasteiger partial charge < -0.3 is 19.9 Å². The second-order valence-electron chi connectivity index (χ2n) is 4.41. The molecule has 1 atom stereocenters. The van der Waals surface area contributed by atoms with E-state index in [1.54, 1.807) is 6.07 Å². The Morgan fingerprint density at radius 2 is 2.32 bits per heavy atom. The van der Waals surface area contributed by atoms with E-state index in [-0.39, 0.29) is 29.3 Å². The largest absolute Gasteiger partial charge is 0.423 e. The molecule has 0 spiro atoms. The fourth-order valence-electron chi connectivity index (χ4n) is 1.48. The highest BCUT2D eigenvalue weighted by molar-refractivity contribution is 5.83. The lowest BCUT2D eigenvalue weighted by molar-refractivity contribution is -0.383. The molecule has 8 nitrogen and oxygen atoms in total. The van der Waals surface area contributed by atoms with Crippen molar-refractivity contribution < 1.29 is 19.6 Å². The second-order valence-corrected chi connectivity index (χ2v) is 4.41. The molecule has 0 aliphatic heterocycles. The molecule has 1 aromatic heterocycles. The van der Waals surface area contributed by atoms with Crippen LogP contribution >= 0.6 is 0 Å². The predicted octanol–water partition coefficient (Wildman–Crippen LogP) is 0.891. The first kappa shape index (κ1) is 13.2. The van der Waals surface area contributed by atoms with Crippen molar-refractivity contribution in [2.45, 2.75) is 12.5 Å². The quantitative estimate of drug-likeness (QED) is 0.543. The van der Waals surface area contributed by atoms with E-state index in [0.29, 0.717) is 0 Å². The number of aliphatic hydroxyl groups excluding tert-OH is 1. The Morgan fingerprint density at radius 1 is 1.58 bits per heavy atom. The number of para-hydroxylation sites is 1. The molecule has 0 fully saturated rings. The number of oxazole rings is 1. The molecular formula is C11H13N3O5. The molecule has 0 amide bonds. The SMILES string of the molecule is CC(O)(CO)CNc1nc2c([N+](=O)[O-])cccc2o1. The number of fused-ring (bicyclic) bond motifs is 1. The van der Waals surface area contributed by atoms with Crippen LogP contribution in [0, 0.1) is 10.1 Å². The van der Waals surface area contributed by atoms with E-state index in [0.717, 1.165) is 0 Å². The van der Waals surface area contributed by atoms with E-state index in [9.17, 15) is 15.2 Å². The molecule has 102 valence electrons. The van der Waals surface area contributed by atoms with Crippen LogP contribution < -0.4 is 5.32 Å². The lowest BCUT2D eigenvalue weighted by atomic mass is 10.1. The van der Waals surface area contributed by atoms with Gasteiger partial charge in [-0.3, -0.25) is 10.1 Å². The summed E-state index contributed by atoms with van der Waals surface area (Å²) < 4.78 is 5.28. The fourth-order valence-corrected chi connectivity index (χ4v) is 1.48. The van der Waals surface area contributed by atoms with Crippen LogP contribution in [-0.2, 0) is 0 Å². The van der Waals surface area contributed by atoms with Gasteiger partial charge in [0.05, 0.1) is 11.5 Å². The summed E-state index contributed by atoms with van der Waals surface area (Å²) in [7, 11) is 0. The summed E-state index contributed by atoms with van der Waals surface area (Å²) in [5, 5.41) is 32.0.